The molecule has 1 heterocycles. The van der Waals surface area contributed by atoms with Gasteiger partial charge in [-0.25, -0.2) is 4.39 Å². The molecule has 4 N–H and O–H groups in total. The van der Waals surface area contributed by atoms with Crippen LogP contribution in [-0.4, -0.2) is 43.8 Å². The third-order valence-electron chi connectivity index (χ3n) is 9.55. The lowest BCUT2D eigenvalue weighted by Gasteiger charge is -2.50. The number of aromatic amines is 1. The fourth-order valence-corrected chi connectivity index (χ4v) is 7.70. The Morgan fingerprint density at radius 2 is 1.94 bits per heavy atom. The van der Waals surface area contributed by atoms with Gasteiger partial charge in [-0.1, -0.05) is 25.1 Å². The van der Waals surface area contributed by atoms with Crippen LogP contribution in [0.25, 0.3) is 16.3 Å². The Balaban J connectivity index is 1.40. The van der Waals surface area contributed by atoms with Crippen LogP contribution in [-0.2, 0) is 0 Å². The largest absolute Gasteiger partial charge is 0.393 e. The van der Waals surface area contributed by atoms with E-state index in [9.17, 15) is 20.1 Å². The molecular formula is C28H32FNO4. The predicted octanol–water partition coefficient (Wildman–Crippen LogP) is 4.02. The lowest BCUT2D eigenvalue weighted by molar-refractivity contribution is -0.0963. The number of rotatable bonds is 1. The Hall–Kier alpha value is -2.28. The molecule has 5 nitrogen and oxygen atoms in total. The summed E-state index contributed by atoms with van der Waals surface area (Å²) in [4.78, 5) is 14.8. The zero-order valence-electron chi connectivity index (χ0n) is 19.4. The number of nitrogens with one attached hydrogen (secondary N) is 1. The molecule has 0 bridgehead atoms. The summed E-state index contributed by atoms with van der Waals surface area (Å²) in [5.74, 6) is -0.534. The molecule has 6 rings (SSSR count). The molecule has 6 heteroatoms. The summed E-state index contributed by atoms with van der Waals surface area (Å²) in [6.07, 6.45) is 6.68. The second kappa shape index (κ2) is 7.36. The fourth-order valence-electron chi connectivity index (χ4n) is 7.70. The van der Waals surface area contributed by atoms with E-state index in [0.29, 0.717) is 49.5 Å². The van der Waals surface area contributed by atoms with Gasteiger partial charge in [0.25, 0.3) is 5.56 Å². The van der Waals surface area contributed by atoms with E-state index in [4.69, 9.17) is 0 Å². The lowest BCUT2D eigenvalue weighted by Crippen LogP contribution is -2.55. The maximum Gasteiger partial charge on any atom is 0.255 e. The second-order valence-corrected chi connectivity index (χ2v) is 11.2. The van der Waals surface area contributed by atoms with Crippen molar-refractivity contribution in [2.24, 2.45) is 17.3 Å². The summed E-state index contributed by atoms with van der Waals surface area (Å²) >= 11 is 0. The Morgan fingerprint density at radius 3 is 2.76 bits per heavy atom. The summed E-state index contributed by atoms with van der Waals surface area (Å²) in [6.45, 7) is 2.16. The topological polar surface area (TPSA) is 93.5 Å². The van der Waals surface area contributed by atoms with Crippen LogP contribution < -0.4 is 5.56 Å². The van der Waals surface area contributed by atoms with Crippen LogP contribution in [0, 0.1) is 17.3 Å². The van der Waals surface area contributed by atoms with Crippen molar-refractivity contribution in [3.05, 3.63) is 64.1 Å². The van der Waals surface area contributed by atoms with Crippen molar-refractivity contribution in [2.45, 2.75) is 75.3 Å². The summed E-state index contributed by atoms with van der Waals surface area (Å²) in [5, 5.41) is 35.1. The van der Waals surface area contributed by atoms with Gasteiger partial charge in [0.05, 0.1) is 11.7 Å². The highest BCUT2D eigenvalue weighted by atomic mass is 19.1. The van der Waals surface area contributed by atoms with E-state index < -0.39 is 23.5 Å². The van der Waals surface area contributed by atoms with Crippen molar-refractivity contribution in [2.75, 3.05) is 0 Å². The molecule has 1 aromatic carbocycles. The predicted molar refractivity (Wildman–Crippen MR) is 129 cm³/mol. The Bertz CT molecular complexity index is 1280. The first kappa shape index (κ1) is 22.2. The molecule has 0 spiro atoms. The van der Waals surface area contributed by atoms with Gasteiger partial charge in [0, 0.05) is 29.3 Å². The number of allylic oxidation sites excluding steroid dienone is 3. The first-order valence-electron chi connectivity index (χ1n) is 12.5. The number of benzene rings is 1. The summed E-state index contributed by atoms with van der Waals surface area (Å²) in [6, 6.07) is 7.73. The van der Waals surface area contributed by atoms with Crippen LogP contribution in [0.2, 0.25) is 0 Å². The second-order valence-electron chi connectivity index (χ2n) is 11.2. The monoisotopic (exact) mass is 465 g/mol. The number of aliphatic hydroxyl groups is 3. The quantitative estimate of drug-likeness (QED) is 0.479. The van der Waals surface area contributed by atoms with E-state index in [1.807, 2.05) is 30.3 Å². The number of H-pyrrole nitrogens is 1. The average Bonchev–Trinajstić information content (AvgIpc) is 3.13. The Morgan fingerprint density at radius 1 is 1.12 bits per heavy atom. The van der Waals surface area contributed by atoms with Gasteiger partial charge in [-0.2, -0.15) is 0 Å². The van der Waals surface area contributed by atoms with Gasteiger partial charge in [0.1, 0.15) is 11.8 Å². The summed E-state index contributed by atoms with van der Waals surface area (Å²) in [5.41, 5.74) is -1.12. The van der Waals surface area contributed by atoms with Gasteiger partial charge in [-0.05, 0) is 84.7 Å². The van der Waals surface area contributed by atoms with Gasteiger partial charge in [0.15, 0.2) is 0 Å². The number of aliphatic hydroxyl groups excluding tert-OH is 2. The molecule has 180 valence electrons. The zero-order chi connectivity index (χ0) is 23.9. The van der Waals surface area contributed by atoms with Crippen molar-refractivity contribution in [3.8, 4) is 0 Å². The highest BCUT2D eigenvalue weighted by Crippen LogP contribution is 2.63. The number of hydrogen-bond donors (Lipinski definition) is 4. The van der Waals surface area contributed by atoms with Gasteiger partial charge < -0.3 is 20.3 Å². The highest BCUT2D eigenvalue weighted by molar-refractivity contribution is 5.87. The van der Waals surface area contributed by atoms with E-state index in [0.717, 1.165) is 16.5 Å². The van der Waals surface area contributed by atoms with E-state index in [2.05, 4.69) is 18.0 Å². The minimum absolute atomic E-state index is 0.0755. The van der Waals surface area contributed by atoms with E-state index in [1.54, 1.807) is 6.20 Å². The van der Waals surface area contributed by atoms with E-state index in [-0.39, 0.29) is 29.2 Å². The maximum absolute atomic E-state index is 16.2. The maximum atomic E-state index is 16.2. The Kier molecular flexibility index (Phi) is 4.81. The molecule has 0 radical (unpaired) electrons. The smallest absolute Gasteiger partial charge is 0.255 e. The number of aromatic nitrogens is 1. The van der Waals surface area contributed by atoms with Gasteiger partial charge in [-0.15, -0.1) is 0 Å². The van der Waals surface area contributed by atoms with Crippen LogP contribution in [0.4, 0.5) is 4.39 Å². The van der Waals surface area contributed by atoms with Crippen LogP contribution >= 0.6 is 0 Å². The highest BCUT2D eigenvalue weighted by Gasteiger charge is 2.62. The molecule has 4 aliphatic rings. The van der Waals surface area contributed by atoms with Gasteiger partial charge >= 0.3 is 0 Å². The number of halogens is 1. The SMILES string of the molecule is CC12CC=C3C(O)C4(F)CC(O)CCC4CC[C@]3(O)C1CC=C2c1ccc2c(=O)[nH]ccc2c1. The van der Waals surface area contributed by atoms with Gasteiger partial charge in [0.2, 0.25) is 0 Å². The fraction of sp³-hybridized carbons (Fsp3) is 0.536. The lowest BCUT2D eigenvalue weighted by atomic mass is 9.57. The third kappa shape index (κ3) is 2.91. The summed E-state index contributed by atoms with van der Waals surface area (Å²) in [7, 11) is 0. The van der Waals surface area contributed by atoms with Crippen LogP contribution in [0.1, 0.15) is 57.4 Å². The Labute approximate surface area is 198 Å². The molecule has 1 aromatic heterocycles. The minimum Gasteiger partial charge on any atom is -0.393 e. The molecule has 4 aliphatic carbocycles. The molecule has 2 fully saturated rings. The van der Waals surface area contributed by atoms with Crippen LogP contribution in [0.5, 0.6) is 0 Å². The molecule has 0 amide bonds. The molecule has 2 aromatic rings. The first-order chi connectivity index (χ1) is 16.2. The normalized spacial score (nSPS) is 41.7. The van der Waals surface area contributed by atoms with Crippen molar-refractivity contribution in [3.63, 3.8) is 0 Å². The number of alkyl halides is 1. The molecular weight excluding hydrogens is 433 g/mol. The molecule has 34 heavy (non-hydrogen) atoms. The van der Waals surface area contributed by atoms with Crippen molar-refractivity contribution in [1.82, 2.24) is 4.98 Å². The number of fused-ring (bicyclic) bond motifs is 5. The van der Waals surface area contributed by atoms with Crippen molar-refractivity contribution < 1.29 is 19.7 Å². The number of pyridine rings is 1. The molecule has 2 saturated carbocycles. The minimum atomic E-state index is -1.90. The van der Waals surface area contributed by atoms with E-state index in [1.165, 1.54) is 0 Å². The average molecular weight is 466 g/mol. The van der Waals surface area contributed by atoms with Gasteiger partial charge in [-0.3, -0.25) is 4.79 Å². The van der Waals surface area contributed by atoms with Crippen molar-refractivity contribution >= 4 is 16.3 Å². The zero-order valence-corrected chi connectivity index (χ0v) is 19.4. The number of hydrogen-bond acceptors (Lipinski definition) is 4. The summed E-state index contributed by atoms with van der Waals surface area (Å²) < 4.78 is 16.2. The van der Waals surface area contributed by atoms with E-state index >= 15 is 4.39 Å². The molecule has 0 aliphatic heterocycles. The first-order valence-corrected chi connectivity index (χ1v) is 12.5. The molecule has 6 unspecified atom stereocenters. The van der Waals surface area contributed by atoms with Crippen LogP contribution in [0.15, 0.2) is 53.0 Å². The van der Waals surface area contributed by atoms with Crippen molar-refractivity contribution in [1.29, 1.82) is 0 Å². The standard InChI is InChI=1S/C28H32FNO4/c1-26-11-9-22-24(32)27(29)15-19(31)4-3-18(27)8-12-28(22,34)23(26)7-6-21(26)17-2-5-20-16(14-17)10-13-30-25(20)33/h2,5-6,9-10,13-14,18-19,23-24,31-32,34H,3-4,7-8,11-12,15H2,1H3,(H,30,33)/t18?,19?,23?,24?,26?,27?,28-/m1/s1. The third-order valence-corrected chi connectivity index (χ3v) is 9.55. The molecule has 7 atom stereocenters. The molecule has 0 saturated heterocycles. The van der Waals surface area contributed by atoms with Crippen LogP contribution in [0.3, 0.4) is 0 Å².